The molecule has 4 aromatic rings. The molecule has 1 amide bonds. The molecule has 0 atom stereocenters. The minimum Gasteiger partial charge on any atom is -0.489 e. The van der Waals surface area contributed by atoms with Crippen LogP contribution in [0.25, 0.3) is 10.6 Å². The van der Waals surface area contributed by atoms with E-state index in [2.05, 4.69) is 42.3 Å². The SMILES string of the molecule is Cc1cccc(NC(=O)c2csc(-c3ccc(OCc4cc(C)ccc4C)cc3)n2)c1. The number of ether oxygens (including phenoxy) is 1. The van der Waals surface area contributed by atoms with Crippen molar-refractivity contribution in [1.82, 2.24) is 4.98 Å². The maximum atomic E-state index is 12.5. The first-order valence-corrected chi connectivity index (χ1v) is 11.0. The van der Waals surface area contributed by atoms with Gasteiger partial charge in [0.15, 0.2) is 0 Å². The van der Waals surface area contributed by atoms with Crippen molar-refractivity contribution in [3.8, 4) is 16.3 Å². The van der Waals surface area contributed by atoms with Gasteiger partial charge < -0.3 is 10.1 Å². The van der Waals surface area contributed by atoms with Crippen LogP contribution in [0, 0.1) is 20.8 Å². The Hall–Kier alpha value is -3.44. The van der Waals surface area contributed by atoms with Crippen LogP contribution in [0.15, 0.2) is 72.1 Å². The van der Waals surface area contributed by atoms with Crippen LogP contribution in [-0.2, 0) is 6.61 Å². The van der Waals surface area contributed by atoms with Gasteiger partial charge in [0.25, 0.3) is 5.91 Å². The molecule has 0 aliphatic rings. The van der Waals surface area contributed by atoms with Gasteiger partial charge in [-0.05, 0) is 73.9 Å². The number of thiazole rings is 1. The van der Waals surface area contributed by atoms with E-state index in [9.17, 15) is 4.79 Å². The fourth-order valence-corrected chi connectivity index (χ4v) is 4.05. The smallest absolute Gasteiger partial charge is 0.275 e. The summed E-state index contributed by atoms with van der Waals surface area (Å²) in [6.07, 6.45) is 0. The normalized spacial score (nSPS) is 10.7. The molecule has 0 unspecified atom stereocenters. The number of hydrogen-bond donors (Lipinski definition) is 1. The standard InChI is InChI=1S/C26H24N2O2S/c1-17-5-4-6-22(14-17)27-25(29)24-16-31-26(28-24)20-9-11-23(12-10-20)30-15-21-13-18(2)7-8-19(21)3/h4-14,16H,15H2,1-3H3,(H,27,29). The Morgan fingerprint density at radius 2 is 1.74 bits per heavy atom. The van der Waals surface area contributed by atoms with Crippen molar-refractivity contribution in [2.75, 3.05) is 5.32 Å². The molecule has 5 heteroatoms. The highest BCUT2D eigenvalue weighted by Crippen LogP contribution is 2.27. The van der Waals surface area contributed by atoms with Gasteiger partial charge >= 0.3 is 0 Å². The topological polar surface area (TPSA) is 51.2 Å². The van der Waals surface area contributed by atoms with Gasteiger partial charge in [-0.25, -0.2) is 4.98 Å². The third kappa shape index (κ3) is 5.19. The first-order valence-electron chi connectivity index (χ1n) is 10.1. The molecular weight excluding hydrogens is 404 g/mol. The molecule has 4 rings (SSSR count). The van der Waals surface area contributed by atoms with Gasteiger partial charge in [-0.3, -0.25) is 4.79 Å². The molecule has 0 spiro atoms. The number of nitrogens with one attached hydrogen (secondary N) is 1. The molecule has 156 valence electrons. The minimum atomic E-state index is -0.207. The van der Waals surface area contributed by atoms with E-state index in [1.54, 1.807) is 5.38 Å². The molecule has 31 heavy (non-hydrogen) atoms. The average Bonchev–Trinajstić information content (AvgIpc) is 3.25. The second-order valence-electron chi connectivity index (χ2n) is 7.60. The summed E-state index contributed by atoms with van der Waals surface area (Å²) in [5.74, 6) is 0.597. The van der Waals surface area contributed by atoms with Crippen molar-refractivity contribution in [1.29, 1.82) is 0 Å². The molecule has 0 bridgehead atoms. The van der Waals surface area contributed by atoms with Crippen molar-refractivity contribution >= 4 is 22.9 Å². The van der Waals surface area contributed by atoms with Crippen LogP contribution < -0.4 is 10.1 Å². The number of amides is 1. The number of anilines is 1. The Labute approximate surface area is 186 Å². The van der Waals surface area contributed by atoms with E-state index < -0.39 is 0 Å². The van der Waals surface area contributed by atoms with Crippen LogP contribution in [0.3, 0.4) is 0 Å². The van der Waals surface area contributed by atoms with Crippen molar-refractivity contribution in [2.24, 2.45) is 0 Å². The summed E-state index contributed by atoms with van der Waals surface area (Å²) in [5.41, 5.74) is 6.87. The summed E-state index contributed by atoms with van der Waals surface area (Å²) < 4.78 is 5.96. The number of hydrogen-bond acceptors (Lipinski definition) is 4. The van der Waals surface area contributed by atoms with Gasteiger partial charge in [-0.15, -0.1) is 11.3 Å². The van der Waals surface area contributed by atoms with Crippen LogP contribution in [0.5, 0.6) is 5.75 Å². The molecule has 1 aromatic heterocycles. The van der Waals surface area contributed by atoms with E-state index >= 15 is 0 Å². The zero-order chi connectivity index (χ0) is 21.8. The lowest BCUT2D eigenvalue weighted by molar-refractivity contribution is 0.102. The van der Waals surface area contributed by atoms with E-state index in [0.29, 0.717) is 12.3 Å². The number of carbonyl (C=O) groups excluding carboxylic acids is 1. The molecule has 0 fully saturated rings. The Morgan fingerprint density at radius 3 is 2.52 bits per heavy atom. The van der Waals surface area contributed by atoms with Crippen molar-refractivity contribution in [3.63, 3.8) is 0 Å². The zero-order valence-electron chi connectivity index (χ0n) is 17.8. The summed E-state index contributed by atoms with van der Waals surface area (Å²) in [6.45, 7) is 6.71. The fourth-order valence-electron chi connectivity index (χ4n) is 3.24. The lowest BCUT2D eigenvalue weighted by atomic mass is 10.1. The van der Waals surface area contributed by atoms with Crippen LogP contribution in [0.1, 0.15) is 32.7 Å². The number of aromatic nitrogens is 1. The van der Waals surface area contributed by atoms with Crippen molar-refractivity contribution in [2.45, 2.75) is 27.4 Å². The van der Waals surface area contributed by atoms with E-state index in [0.717, 1.165) is 27.6 Å². The number of rotatable bonds is 6. The van der Waals surface area contributed by atoms with Crippen LogP contribution in [0.2, 0.25) is 0 Å². The summed E-state index contributed by atoms with van der Waals surface area (Å²) in [5, 5.41) is 5.48. The molecule has 1 N–H and O–H groups in total. The maximum absolute atomic E-state index is 12.5. The van der Waals surface area contributed by atoms with Crippen molar-refractivity contribution in [3.05, 3.63) is 100 Å². The molecule has 3 aromatic carbocycles. The Bertz CT molecular complexity index is 1210. The molecule has 4 nitrogen and oxygen atoms in total. The van der Waals surface area contributed by atoms with Crippen LogP contribution in [-0.4, -0.2) is 10.9 Å². The summed E-state index contributed by atoms with van der Waals surface area (Å²) in [6, 6.07) is 21.9. The van der Waals surface area contributed by atoms with Crippen molar-refractivity contribution < 1.29 is 9.53 Å². The van der Waals surface area contributed by atoms with Gasteiger partial charge in [0, 0.05) is 16.6 Å². The van der Waals surface area contributed by atoms with Gasteiger partial charge in [-0.1, -0.05) is 35.9 Å². The largest absolute Gasteiger partial charge is 0.489 e. The Balaban J connectivity index is 1.41. The minimum absolute atomic E-state index is 0.207. The second kappa shape index (κ2) is 9.14. The molecule has 0 aliphatic carbocycles. The number of nitrogens with zero attached hydrogens (tertiary/aromatic N) is 1. The molecule has 0 radical (unpaired) electrons. The first-order chi connectivity index (χ1) is 15.0. The lowest BCUT2D eigenvalue weighted by Gasteiger charge is -2.10. The number of carbonyl (C=O) groups is 1. The predicted octanol–water partition coefficient (Wildman–Crippen LogP) is 6.57. The molecule has 0 saturated carbocycles. The first kappa shape index (κ1) is 20.8. The molecule has 0 aliphatic heterocycles. The molecule has 0 saturated heterocycles. The second-order valence-corrected chi connectivity index (χ2v) is 8.46. The molecular formula is C26H24N2O2S. The fraction of sp³-hybridized carbons (Fsp3) is 0.154. The predicted molar refractivity (Wildman–Crippen MR) is 127 cm³/mol. The number of aryl methyl sites for hydroxylation is 3. The third-order valence-corrected chi connectivity index (χ3v) is 5.90. The average molecular weight is 429 g/mol. The van der Waals surface area contributed by atoms with E-state index in [1.165, 1.54) is 28.0 Å². The highest BCUT2D eigenvalue weighted by Gasteiger charge is 2.12. The van der Waals surface area contributed by atoms with Gasteiger partial charge in [-0.2, -0.15) is 0 Å². The summed E-state index contributed by atoms with van der Waals surface area (Å²) in [7, 11) is 0. The number of benzene rings is 3. The quantitative estimate of drug-likeness (QED) is 0.378. The lowest BCUT2D eigenvalue weighted by Crippen LogP contribution is -2.12. The monoisotopic (exact) mass is 428 g/mol. The third-order valence-electron chi connectivity index (χ3n) is 5.01. The summed E-state index contributed by atoms with van der Waals surface area (Å²) in [4.78, 5) is 17.0. The van der Waals surface area contributed by atoms with Gasteiger partial charge in [0.1, 0.15) is 23.1 Å². The van der Waals surface area contributed by atoms with E-state index in [1.807, 2.05) is 55.5 Å². The van der Waals surface area contributed by atoms with E-state index in [-0.39, 0.29) is 5.91 Å². The molecule has 1 heterocycles. The zero-order valence-corrected chi connectivity index (χ0v) is 18.6. The van der Waals surface area contributed by atoms with Crippen LogP contribution >= 0.6 is 11.3 Å². The Kier molecular flexibility index (Phi) is 6.14. The van der Waals surface area contributed by atoms with Crippen LogP contribution in [0.4, 0.5) is 5.69 Å². The highest BCUT2D eigenvalue weighted by atomic mass is 32.1. The van der Waals surface area contributed by atoms with E-state index in [4.69, 9.17) is 4.74 Å². The summed E-state index contributed by atoms with van der Waals surface area (Å²) >= 11 is 1.45. The maximum Gasteiger partial charge on any atom is 0.275 e. The highest BCUT2D eigenvalue weighted by molar-refractivity contribution is 7.13. The van der Waals surface area contributed by atoms with Gasteiger partial charge in [0.2, 0.25) is 0 Å². The van der Waals surface area contributed by atoms with Gasteiger partial charge in [0.05, 0.1) is 0 Å². The Morgan fingerprint density at radius 1 is 0.968 bits per heavy atom.